The molecular weight excluding hydrogens is 260 g/mol. The van der Waals surface area contributed by atoms with E-state index >= 15 is 0 Å². The maximum absolute atomic E-state index is 10.8. The zero-order valence-corrected chi connectivity index (χ0v) is 11.6. The average molecular weight is 276 g/mol. The van der Waals surface area contributed by atoms with Gasteiger partial charge in [0.1, 0.15) is 5.01 Å². The van der Waals surface area contributed by atoms with Crippen LogP contribution in [0, 0.1) is 6.92 Å². The maximum atomic E-state index is 10.8. The lowest BCUT2D eigenvalue weighted by atomic mass is 10.2. The van der Waals surface area contributed by atoms with Gasteiger partial charge in [-0.05, 0) is 19.1 Å². The maximum Gasteiger partial charge on any atom is 0.305 e. The largest absolute Gasteiger partial charge is 0.481 e. The molecule has 1 N–H and O–H groups in total. The van der Waals surface area contributed by atoms with Crippen LogP contribution in [0.15, 0.2) is 35.8 Å². The predicted octanol–water partition coefficient (Wildman–Crippen LogP) is 2.93. The Kier molecular flexibility index (Phi) is 4.52. The number of aromatic nitrogens is 1. The second kappa shape index (κ2) is 6.33. The topological polar surface area (TPSA) is 53.4 Å². The lowest BCUT2D eigenvalue weighted by Crippen LogP contribution is -2.25. The van der Waals surface area contributed by atoms with Crippen molar-refractivity contribution in [2.24, 2.45) is 0 Å². The monoisotopic (exact) mass is 276 g/mol. The zero-order valence-electron chi connectivity index (χ0n) is 10.7. The van der Waals surface area contributed by atoms with E-state index in [0.717, 1.165) is 10.7 Å². The summed E-state index contributed by atoms with van der Waals surface area (Å²) in [6, 6.07) is 8.10. The third kappa shape index (κ3) is 4.06. The number of benzene rings is 1. The summed E-state index contributed by atoms with van der Waals surface area (Å²) >= 11 is 1.58. The minimum Gasteiger partial charge on any atom is -0.481 e. The van der Waals surface area contributed by atoms with Crippen LogP contribution in [0.25, 0.3) is 0 Å². The van der Waals surface area contributed by atoms with E-state index in [0.29, 0.717) is 13.1 Å². The van der Waals surface area contributed by atoms with Crippen LogP contribution in [0.1, 0.15) is 17.0 Å². The van der Waals surface area contributed by atoms with Crippen molar-refractivity contribution in [3.05, 3.63) is 46.4 Å². The molecule has 5 heteroatoms. The van der Waals surface area contributed by atoms with E-state index in [4.69, 9.17) is 5.11 Å². The molecule has 1 aromatic carbocycles. The summed E-state index contributed by atoms with van der Waals surface area (Å²) in [6.45, 7) is 3.16. The molecule has 0 bridgehead atoms. The molecule has 0 saturated heterocycles. The molecule has 0 saturated carbocycles. The number of carbonyl (C=O) groups is 1. The number of aliphatic carboxylic acids is 1. The lowest BCUT2D eigenvalue weighted by molar-refractivity contribution is -0.136. The van der Waals surface area contributed by atoms with Crippen molar-refractivity contribution in [3.8, 4) is 0 Å². The number of anilines is 1. The fourth-order valence-electron chi connectivity index (χ4n) is 1.78. The molecule has 0 unspecified atom stereocenters. The van der Waals surface area contributed by atoms with Crippen LogP contribution < -0.4 is 4.90 Å². The highest BCUT2D eigenvalue weighted by Crippen LogP contribution is 2.19. The van der Waals surface area contributed by atoms with Gasteiger partial charge in [-0.1, -0.05) is 17.7 Å². The molecule has 0 fully saturated rings. The van der Waals surface area contributed by atoms with Gasteiger partial charge in [0.2, 0.25) is 0 Å². The van der Waals surface area contributed by atoms with E-state index in [1.54, 1.807) is 17.5 Å². The van der Waals surface area contributed by atoms with Crippen molar-refractivity contribution in [1.82, 2.24) is 4.98 Å². The van der Waals surface area contributed by atoms with Gasteiger partial charge < -0.3 is 10.0 Å². The lowest BCUT2D eigenvalue weighted by Gasteiger charge is -2.23. The van der Waals surface area contributed by atoms with Crippen molar-refractivity contribution >= 4 is 23.0 Å². The van der Waals surface area contributed by atoms with Crippen LogP contribution >= 0.6 is 11.3 Å². The second-order valence-electron chi connectivity index (χ2n) is 4.33. The summed E-state index contributed by atoms with van der Waals surface area (Å²) in [7, 11) is 0. The fraction of sp³-hybridized carbons (Fsp3) is 0.286. The van der Waals surface area contributed by atoms with Crippen molar-refractivity contribution < 1.29 is 9.90 Å². The smallest absolute Gasteiger partial charge is 0.305 e. The molecule has 0 amide bonds. The summed E-state index contributed by atoms with van der Waals surface area (Å²) in [6.07, 6.45) is 1.89. The molecule has 1 aromatic heterocycles. The van der Waals surface area contributed by atoms with Crippen LogP contribution in [-0.2, 0) is 11.3 Å². The van der Waals surface area contributed by atoms with Crippen molar-refractivity contribution in [2.45, 2.75) is 19.9 Å². The second-order valence-corrected chi connectivity index (χ2v) is 5.31. The van der Waals surface area contributed by atoms with Gasteiger partial charge in [-0.15, -0.1) is 11.3 Å². The first-order valence-electron chi connectivity index (χ1n) is 6.07. The number of hydrogen-bond donors (Lipinski definition) is 1. The quantitative estimate of drug-likeness (QED) is 0.881. The molecule has 0 aliphatic carbocycles. The summed E-state index contributed by atoms with van der Waals surface area (Å²) in [5, 5.41) is 11.8. The Morgan fingerprint density at radius 2 is 2.11 bits per heavy atom. The van der Waals surface area contributed by atoms with E-state index in [1.807, 2.05) is 41.5 Å². The van der Waals surface area contributed by atoms with Crippen molar-refractivity contribution in [3.63, 3.8) is 0 Å². The summed E-state index contributed by atoms with van der Waals surface area (Å²) in [5.74, 6) is -0.781. The number of hydrogen-bond acceptors (Lipinski definition) is 4. The van der Waals surface area contributed by atoms with E-state index in [-0.39, 0.29) is 6.42 Å². The Morgan fingerprint density at radius 3 is 2.68 bits per heavy atom. The van der Waals surface area contributed by atoms with Crippen LogP contribution in [-0.4, -0.2) is 22.6 Å². The van der Waals surface area contributed by atoms with Gasteiger partial charge in [0.05, 0.1) is 13.0 Å². The van der Waals surface area contributed by atoms with Crippen LogP contribution in [0.4, 0.5) is 5.69 Å². The normalized spacial score (nSPS) is 10.4. The molecule has 4 nitrogen and oxygen atoms in total. The number of carboxylic acids is 1. The molecule has 2 rings (SSSR count). The minimum absolute atomic E-state index is 0.124. The minimum atomic E-state index is -0.781. The molecule has 0 radical (unpaired) electrons. The zero-order chi connectivity index (χ0) is 13.7. The number of aryl methyl sites for hydroxylation is 1. The predicted molar refractivity (Wildman–Crippen MR) is 76.6 cm³/mol. The van der Waals surface area contributed by atoms with Crippen LogP contribution in [0.3, 0.4) is 0 Å². The highest BCUT2D eigenvalue weighted by atomic mass is 32.1. The third-order valence-electron chi connectivity index (χ3n) is 2.80. The SMILES string of the molecule is Cc1ccc(N(CCC(=O)O)Cc2nccs2)cc1. The average Bonchev–Trinajstić information content (AvgIpc) is 2.88. The first-order chi connectivity index (χ1) is 9.15. The first kappa shape index (κ1) is 13.5. The summed E-state index contributed by atoms with van der Waals surface area (Å²) in [4.78, 5) is 17.1. The molecule has 0 atom stereocenters. The Labute approximate surface area is 116 Å². The molecule has 1 heterocycles. The number of carboxylic acid groups (broad SMARTS) is 1. The van der Waals surface area contributed by atoms with Gasteiger partial charge in [-0.2, -0.15) is 0 Å². The van der Waals surface area contributed by atoms with Crippen LogP contribution in [0.5, 0.6) is 0 Å². The van der Waals surface area contributed by atoms with E-state index in [1.165, 1.54) is 5.56 Å². The molecule has 0 aliphatic rings. The molecule has 2 aromatic rings. The van der Waals surface area contributed by atoms with Gasteiger partial charge >= 0.3 is 5.97 Å². The number of thiazole rings is 1. The first-order valence-corrected chi connectivity index (χ1v) is 6.95. The molecule has 0 spiro atoms. The van der Waals surface area contributed by atoms with E-state index in [2.05, 4.69) is 4.98 Å². The van der Waals surface area contributed by atoms with Gasteiger partial charge in [-0.25, -0.2) is 4.98 Å². The Hall–Kier alpha value is -1.88. The van der Waals surface area contributed by atoms with Gasteiger partial charge in [0.15, 0.2) is 0 Å². The van der Waals surface area contributed by atoms with Crippen LogP contribution in [0.2, 0.25) is 0 Å². The Morgan fingerprint density at radius 1 is 1.37 bits per heavy atom. The Balaban J connectivity index is 2.13. The van der Waals surface area contributed by atoms with Crippen molar-refractivity contribution in [2.75, 3.05) is 11.4 Å². The molecule has 100 valence electrons. The van der Waals surface area contributed by atoms with E-state index in [9.17, 15) is 4.79 Å². The standard InChI is InChI=1S/C14H16N2O2S/c1-11-2-4-12(5-3-11)16(8-6-14(17)18)10-13-15-7-9-19-13/h2-5,7,9H,6,8,10H2,1H3,(H,17,18). The Bertz CT molecular complexity index is 523. The van der Waals surface area contributed by atoms with Crippen molar-refractivity contribution in [1.29, 1.82) is 0 Å². The molecule has 19 heavy (non-hydrogen) atoms. The van der Waals surface area contributed by atoms with Gasteiger partial charge in [0, 0.05) is 23.8 Å². The molecular formula is C14H16N2O2S. The molecule has 0 aliphatic heterocycles. The highest BCUT2D eigenvalue weighted by molar-refractivity contribution is 7.09. The summed E-state index contributed by atoms with van der Waals surface area (Å²) in [5.41, 5.74) is 2.22. The number of rotatable bonds is 6. The van der Waals surface area contributed by atoms with Gasteiger partial charge in [-0.3, -0.25) is 4.79 Å². The van der Waals surface area contributed by atoms with E-state index < -0.39 is 5.97 Å². The third-order valence-corrected chi connectivity index (χ3v) is 3.57. The fourth-order valence-corrected chi connectivity index (χ4v) is 2.41. The van der Waals surface area contributed by atoms with Gasteiger partial charge in [0.25, 0.3) is 0 Å². The highest BCUT2D eigenvalue weighted by Gasteiger charge is 2.10. The summed E-state index contributed by atoms with van der Waals surface area (Å²) < 4.78 is 0. The number of nitrogens with zero attached hydrogens (tertiary/aromatic N) is 2.